The van der Waals surface area contributed by atoms with Crippen LogP contribution in [0.25, 0.3) is 0 Å². The van der Waals surface area contributed by atoms with Crippen molar-refractivity contribution in [2.45, 2.75) is 45.4 Å². The average Bonchev–Trinajstić information content (AvgIpc) is 2.29. The van der Waals surface area contributed by atoms with Crippen molar-refractivity contribution in [2.24, 2.45) is 11.3 Å². The molecule has 0 N–H and O–H groups in total. The minimum Gasteiger partial charge on any atom is -0.299 e. The van der Waals surface area contributed by atoms with Crippen LogP contribution in [0.4, 0.5) is 0 Å². The largest absolute Gasteiger partial charge is 0.299 e. The van der Waals surface area contributed by atoms with Crippen molar-refractivity contribution in [1.82, 2.24) is 0 Å². The summed E-state index contributed by atoms with van der Waals surface area (Å²) < 4.78 is 0. The van der Waals surface area contributed by atoms with Gasteiger partial charge >= 0.3 is 0 Å². The molecule has 2 aliphatic rings. The molecule has 13 heavy (non-hydrogen) atoms. The normalized spacial score (nSPS) is 36.1. The standard InChI is InChI=1S/C12H18O/c1-2-3-4-8-12-9-7-10(12)5-6-11(12)13/h7,9-10H,2-6,8H2,1H3/t10-,12-/m1/s1. The van der Waals surface area contributed by atoms with E-state index in [9.17, 15) is 4.79 Å². The van der Waals surface area contributed by atoms with E-state index < -0.39 is 0 Å². The summed E-state index contributed by atoms with van der Waals surface area (Å²) in [4.78, 5) is 11.7. The van der Waals surface area contributed by atoms with Crippen molar-refractivity contribution in [2.75, 3.05) is 0 Å². The molecule has 72 valence electrons. The Balaban J connectivity index is 1.95. The number of hydrogen-bond acceptors (Lipinski definition) is 1. The summed E-state index contributed by atoms with van der Waals surface area (Å²) in [5.41, 5.74) is 0.0230. The SMILES string of the molecule is CCCCC[C@@]12C=C[C@H]1CCC2=O. The summed E-state index contributed by atoms with van der Waals surface area (Å²) >= 11 is 0. The predicted molar refractivity (Wildman–Crippen MR) is 53.4 cm³/mol. The molecule has 2 atom stereocenters. The minimum absolute atomic E-state index is 0.0230. The van der Waals surface area contributed by atoms with Gasteiger partial charge in [-0.15, -0.1) is 0 Å². The zero-order chi connectivity index (χ0) is 9.31. The Bertz CT molecular complexity index is 242. The maximum atomic E-state index is 11.7. The smallest absolute Gasteiger partial charge is 0.143 e. The molecule has 0 aliphatic heterocycles. The topological polar surface area (TPSA) is 17.1 Å². The highest BCUT2D eigenvalue weighted by atomic mass is 16.1. The summed E-state index contributed by atoms with van der Waals surface area (Å²) in [5.74, 6) is 1.12. The van der Waals surface area contributed by atoms with Crippen LogP contribution in [0.1, 0.15) is 45.4 Å². The van der Waals surface area contributed by atoms with Crippen LogP contribution in [0.5, 0.6) is 0 Å². The van der Waals surface area contributed by atoms with Gasteiger partial charge in [0.2, 0.25) is 0 Å². The molecule has 0 heterocycles. The van der Waals surface area contributed by atoms with Gasteiger partial charge in [-0.25, -0.2) is 0 Å². The van der Waals surface area contributed by atoms with Gasteiger partial charge in [0.1, 0.15) is 5.78 Å². The quantitative estimate of drug-likeness (QED) is 0.477. The summed E-state index contributed by atoms with van der Waals surface area (Å²) in [6.45, 7) is 2.21. The van der Waals surface area contributed by atoms with Crippen LogP contribution >= 0.6 is 0 Å². The molecule has 0 amide bonds. The van der Waals surface area contributed by atoms with E-state index >= 15 is 0 Å². The summed E-state index contributed by atoms with van der Waals surface area (Å²) in [5, 5.41) is 0. The summed E-state index contributed by atoms with van der Waals surface area (Å²) in [6, 6.07) is 0. The molecule has 2 rings (SSSR count). The Morgan fingerprint density at radius 3 is 2.92 bits per heavy atom. The number of rotatable bonds is 4. The van der Waals surface area contributed by atoms with Gasteiger partial charge in [-0.2, -0.15) is 0 Å². The number of unbranched alkanes of at least 4 members (excludes halogenated alkanes) is 2. The van der Waals surface area contributed by atoms with Crippen LogP contribution in [0.2, 0.25) is 0 Å². The Kier molecular flexibility index (Phi) is 2.27. The van der Waals surface area contributed by atoms with Crippen LogP contribution < -0.4 is 0 Å². The fourth-order valence-electron chi connectivity index (χ4n) is 2.71. The summed E-state index contributed by atoms with van der Waals surface area (Å²) in [6.07, 6.45) is 11.2. The second-order valence-electron chi connectivity index (χ2n) is 4.42. The van der Waals surface area contributed by atoms with Crippen molar-refractivity contribution in [3.8, 4) is 0 Å². The van der Waals surface area contributed by atoms with Crippen LogP contribution in [0.15, 0.2) is 12.2 Å². The number of ketones is 1. The maximum absolute atomic E-state index is 11.7. The van der Waals surface area contributed by atoms with Gasteiger partial charge in [0, 0.05) is 6.42 Å². The van der Waals surface area contributed by atoms with E-state index in [1.165, 1.54) is 19.3 Å². The molecule has 0 saturated heterocycles. The highest BCUT2D eigenvalue weighted by Gasteiger charge is 2.50. The molecule has 1 fully saturated rings. The number of allylic oxidation sites excluding steroid dienone is 2. The predicted octanol–water partition coefficient (Wildman–Crippen LogP) is 3.10. The number of fused-ring (bicyclic) bond motifs is 1. The van der Waals surface area contributed by atoms with Gasteiger partial charge in [-0.3, -0.25) is 4.79 Å². The zero-order valence-electron chi connectivity index (χ0n) is 8.38. The van der Waals surface area contributed by atoms with E-state index in [0.717, 1.165) is 19.3 Å². The maximum Gasteiger partial charge on any atom is 0.143 e. The monoisotopic (exact) mass is 178 g/mol. The van der Waals surface area contributed by atoms with Gasteiger partial charge in [0.05, 0.1) is 5.41 Å². The minimum atomic E-state index is 0.0230. The van der Waals surface area contributed by atoms with Crippen LogP contribution in [0.3, 0.4) is 0 Å². The molecule has 1 heteroatoms. The van der Waals surface area contributed by atoms with Gasteiger partial charge < -0.3 is 0 Å². The van der Waals surface area contributed by atoms with Crippen molar-refractivity contribution in [3.63, 3.8) is 0 Å². The van der Waals surface area contributed by atoms with E-state index in [1.807, 2.05) is 0 Å². The summed E-state index contributed by atoms with van der Waals surface area (Å²) in [7, 11) is 0. The molecule has 1 nitrogen and oxygen atoms in total. The van der Waals surface area contributed by atoms with Crippen LogP contribution in [-0.2, 0) is 4.79 Å². The van der Waals surface area contributed by atoms with E-state index in [-0.39, 0.29) is 5.41 Å². The molecule has 0 aromatic rings. The lowest BCUT2D eigenvalue weighted by Crippen LogP contribution is -2.35. The lowest BCUT2D eigenvalue weighted by Gasteiger charge is -2.36. The lowest BCUT2D eigenvalue weighted by atomic mass is 9.66. The average molecular weight is 178 g/mol. The third-order valence-electron chi connectivity index (χ3n) is 3.68. The first-order valence-corrected chi connectivity index (χ1v) is 5.52. The Morgan fingerprint density at radius 2 is 2.38 bits per heavy atom. The van der Waals surface area contributed by atoms with Crippen LogP contribution in [0, 0.1) is 11.3 Å². The van der Waals surface area contributed by atoms with E-state index in [0.29, 0.717) is 11.7 Å². The fraction of sp³-hybridized carbons (Fsp3) is 0.750. The van der Waals surface area contributed by atoms with Gasteiger partial charge in [0.15, 0.2) is 0 Å². The Labute approximate surface area is 80.2 Å². The van der Waals surface area contributed by atoms with Crippen LogP contribution in [-0.4, -0.2) is 5.78 Å². The number of hydrogen-bond donors (Lipinski definition) is 0. The molecule has 0 radical (unpaired) electrons. The molecule has 0 unspecified atom stereocenters. The fourth-order valence-corrected chi connectivity index (χ4v) is 2.71. The van der Waals surface area contributed by atoms with Gasteiger partial charge in [-0.1, -0.05) is 38.3 Å². The second kappa shape index (κ2) is 3.28. The van der Waals surface area contributed by atoms with E-state index in [1.54, 1.807) is 0 Å². The first kappa shape index (κ1) is 8.98. The molecule has 0 aromatic heterocycles. The number of Topliss-reactive ketones (excluding diaryl/α,β-unsaturated/α-hetero) is 1. The Morgan fingerprint density at radius 1 is 1.54 bits per heavy atom. The third-order valence-corrected chi connectivity index (χ3v) is 3.68. The molecular weight excluding hydrogens is 160 g/mol. The highest BCUT2D eigenvalue weighted by Crippen LogP contribution is 2.52. The van der Waals surface area contributed by atoms with Crippen molar-refractivity contribution >= 4 is 5.78 Å². The molecule has 0 bridgehead atoms. The molecule has 0 spiro atoms. The first-order chi connectivity index (χ1) is 6.29. The lowest BCUT2D eigenvalue weighted by molar-refractivity contribution is -0.125. The van der Waals surface area contributed by atoms with Crippen molar-refractivity contribution in [3.05, 3.63) is 12.2 Å². The van der Waals surface area contributed by atoms with Crippen molar-refractivity contribution in [1.29, 1.82) is 0 Å². The second-order valence-corrected chi connectivity index (χ2v) is 4.42. The molecule has 0 aromatic carbocycles. The van der Waals surface area contributed by atoms with E-state index in [4.69, 9.17) is 0 Å². The Hall–Kier alpha value is -0.590. The zero-order valence-corrected chi connectivity index (χ0v) is 8.38. The highest BCUT2D eigenvalue weighted by molar-refractivity contribution is 5.91. The van der Waals surface area contributed by atoms with Crippen molar-refractivity contribution < 1.29 is 4.79 Å². The molecular formula is C12H18O. The number of carbonyl (C=O) groups is 1. The van der Waals surface area contributed by atoms with Gasteiger partial charge in [-0.05, 0) is 18.8 Å². The van der Waals surface area contributed by atoms with Gasteiger partial charge in [0.25, 0.3) is 0 Å². The molecule has 1 saturated carbocycles. The first-order valence-electron chi connectivity index (χ1n) is 5.52. The van der Waals surface area contributed by atoms with E-state index in [2.05, 4.69) is 19.1 Å². The third kappa shape index (κ3) is 1.25. The molecule has 2 aliphatic carbocycles. The number of carbonyl (C=O) groups excluding carboxylic acids is 1.